The normalized spacial score (nSPS) is 25.8. The van der Waals surface area contributed by atoms with Gasteiger partial charge in [-0.05, 0) is 54.7 Å². The zero-order valence-corrected chi connectivity index (χ0v) is 14.1. The summed E-state index contributed by atoms with van der Waals surface area (Å²) in [5.74, 6) is -2.21. The second kappa shape index (κ2) is 6.67. The molecule has 1 fully saturated rings. The fourth-order valence-corrected chi connectivity index (χ4v) is 4.07. The van der Waals surface area contributed by atoms with E-state index in [-0.39, 0.29) is 17.7 Å². The summed E-state index contributed by atoms with van der Waals surface area (Å²) in [5.41, 5.74) is 2.58. The maximum absolute atomic E-state index is 12.7. The average Bonchev–Trinajstić information content (AvgIpc) is 3.25. The van der Waals surface area contributed by atoms with E-state index in [4.69, 9.17) is 0 Å². The third-order valence-corrected chi connectivity index (χ3v) is 5.26. The molecule has 0 saturated heterocycles. The molecule has 1 amide bonds. The molecule has 4 rings (SSSR count). The number of aliphatic carboxylic acids is 1. The number of carbonyl (C=O) groups is 2. The maximum atomic E-state index is 12.7. The Balaban J connectivity index is 1.43. The molecule has 0 heterocycles. The zero-order chi connectivity index (χ0) is 18.1. The van der Waals surface area contributed by atoms with Crippen molar-refractivity contribution in [1.29, 1.82) is 0 Å². The second-order valence-electron chi connectivity index (χ2n) is 6.90. The maximum Gasteiger partial charge on any atom is 0.307 e. The molecule has 2 bridgehead atoms. The second-order valence-corrected chi connectivity index (χ2v) is 6.90. The van der Waals surface area contributed by atoms with Gasteiger partial charge in [-0.1, -0.05) is 30.4 Å². The monoisotopic (exact) mass is 348 g/mol. The molecule has 26 heavy (non-hydrogen) atoms. The van der Waals surface area contributed by atoms with Gasteiger partial charge in [-0.2, -0.15) is 0 Å². The van der Waals surface area contributed by atoms with Gasteiger partial charge < -0.3 is 15.7 Å². The average molecular weight is 348 g/mol. The van der Waals surface area contributed by atoms with E-state index in [1.54, 1.807) is 0 Å². The summed E-state index contributed by atoms with van der Waals surface area (Å²) in [5, 5.41) is 15.6. The molecule has 0 radical (unpaired) electrons. The van der Waals surface area contributed by atoms with Crippen LogP contribution in [0.15, 0.2) is 66.7 Å². The first kappa shape index (κ1) is 16.4. The fourth-order valence-electron chi connectivity index (χ4n) is 4.07. The number of allylic oxidation sites excluding steroid dienone is 2. The third kappa shape index (κ3) is 3.08. The van der Waals surface area contributed by atoms with E-state index in [0.717, 1.165) is 17.8 Å². The Morgan fingerprint density at radius 3 is 2.04 bits per heavy atom. The van der Waals surface area contributed by atoms with Crippen LogP contribution in [0.5, 0.6) is 0 Å². The number of carboxylic acid groups (broad SMARTS) is 1. The van der Waals surface area contributed by atoms with Crippen LogP contribution in [0.3, 0.4) is 0 Å². The van der Waals surface area contributed by atoms with Crippen molar-refractivity contribution < 1.29 is 14.7 Å². The SMILES string of the molecule is O=C(O)C1C2C=CC(C2)C1C(=O)Nc1ccc(Nc2ccccc2)cc1. The minimum atomic E-state index is -0.885. The first-order chi connectivity index (χ1) is 12.6. The third-order valence-electron chi connectivity index (χ3n) is 5.26. The van der Waals surface area contributed by atoms with Gasteiger partial charge in [0, 0.05) is 17.1 Å². The molecule has 2 aliphatic rings. The number of benzene rings is 2. The quantitative estimate of drug-likeness (QED) is 0.716. The number of carboxylic acids is 1. The van der Waals surface area contributed by atoms with E-state index >= 15 is 0 Å². The molecule has 3 N–H and O–H groups in total. The van der Waals surface area contributed by atoms with Crippen molar-refractivity contribution in [2.24, 2.45) is 23.7 Å². The highest BCUT2D eigenvalue weighted by molar-refractivity contribution is 5.96. The number of rotatable bonds is 5. The fraction of sp³-hybridized carbons (Fsp3) is 0.238. The molecule has 2 aromatic rings. The van der Waals surface area contributed by atoms with Crippen LogP contribution in [0.1, 0.15) is 6.42 Å². The van der Waals surface area contributed by atoms with Crippen molar-refractivity contribution >= 4 is 28.9 Å². The predicted octanol–water partition coefficient (Wildman–Crippen LogP) is 3.89. The highest BCUT2D eigenvalue weighted by Crippen LogP contribution is 2.48. The number of amides is 1. The van der Waals surface area contributed by atoms with E-state index < -0.39 is 17.8 Å². The number of para-hydroxylation sites is 1. The highest BCUT2D eigenvalue weighted by atomic mass is 16.4. The van der Waals surface area contributed by atoms with Crippen molar-refractivity contribution in [1.82, 2.24) is 0 Å². The van der Waals surface area contributed by atoms with E-state index in [1.807, 2.05) is 66.7 Å². The highest BCUT2D eigenvalue weighted by Gasteiger charge is 2.51. The number of carbonyl (C=O) groups excluding carboxylic acids is 1. The van der Waals surface area contributed by atoms with Crippen molar-refractivity contribution in [3.8, 4) is 0 Å². The number of fused-ring (bicyclic) bond motifs is 2. The Labute approximate surface area is 151 Å². The summed E-state index contributed by atoms with van der Waals surface area (Å²) in [6.45, 7) is 0. The number of hydrogen-bond donors (Lipinski definition) is 3. The Hall–Kier alpha value is -3.08. The number of hydrogen-bond acceptors (Lipinski definition) is 3. The smallest absolute Gasteiger partial charge is 0.307 e. The lowest BCUT2D eigenvalue weighted by atomic mass is 9.82. The van der Waals surface area contributed by atoms with Crippen molar-refractivity contribution in [2.45, 2.75) is 6.42 Å². The van der Waals surface area contributed by atoms with Gasteiger partial charge >= 0.3 is 5.97 Å². The van der Waals surface area contributed by atoms with Gasteiger partial charge in [-0.15, -0.1) is 0 Å². The van der Waals surface area contributed by atoms with Crippen molar-refractivity contribution in [3.63, 3.8) is 0 Å². The summed E-state index contributed by atoms with van der Waals surface area (Å²) in [7, 11) is 0. The van der Waals surface area contributed by atoms with Gasteiger partial charge in [0.2, 0.25) is 5.91 Å². The van der Waals surface area contributed by atoms with Gasteiger partial charge in [0.15, 0.2) is 0 Å². The topological polar surface area (TPSA) is 78.4 Å². The lowest BCUT2D eigenvalue weighted by Gasteiger charge is -2.23. The molecule has 0 spiro atoms. The largest absolute Gasteiger partial charge is 0.481 e. The molecule has 132 valence electrons. The summed E-state index contributed by atoms with van der Waals surface area (Å²) < 4.78 is 0. The predicted molar refractivity (Wildman–Crippen MR) is 100 cm³/mol. The molecule has 5 heteroatoms. The van der Waals surface area contributed by atoms with Gasteiger partial charge in [0.1, 0.15) is 0 Å². The molecule has 0 aliphatic heterocycles. The minimum absolute atomic E-state index is 0.0225. The van der Waals surface area contributed by atoms with Crippen LogP contribution in [0, 0.1) is 23.7 Å². The van der Waals surface area contributed by atoms with Crippen molar-refractivity contribution in [3.05, 3.63) is 66.7 Å². The van der Waals surface area contributed by atoms with Crippen LogP contribution in [-0.2, 0) is 9.59 Å². The Morgan fingerprint density at radius 2 is 1.38 bits per heavy atom. The summed E-state index contributed by atoms with van der Waals surface area (Å²) in [6.07, 6.45) is 4.69. The summed E-state index contributed by atoms with van der Waals surface area (Å²) in [6, 6.07) is 17.2. The molecule has 4 atom stereocenters. The molecule has 2 aromatic carbocycles. The van der Waals surface area contributed by atoms with Crippen LogP contribution in [0.25, 0.3) is 0 Å². The molecular weight excluding hydrogens is 328 g/mol. The van der Waals surface area contributed by atoms with Crippen molar-refractivity contribution in [2.75, 3.05) is 10.6 Å². The zero-order valence-electron chi connectivity index (χ0n) is 14.1. The number of nitrogens with one attached hydrogen (secondary N) is 2. The van der Waals surface area contributed by atoms with Crippen LogP contribution in [0.2, 0.25) is 0 Å². The standard InChI is InChI=1S/C21H20N2O3/c24-20(18-13-6-7-14(12-13)19(18)21(25)26)23-17-10-8-16(9-11-17)22-15-4-2-1-3-5-15/h1-11,13-14,18-19,22H,12H2,(H,23,24)(H,25,26). The Bertz CT molecular complexity index is 845. The van der Waals surface area contributed by atoms with Gasteiger partial charge in [0.05, 0.1) is 11.8 Å². The lowest BCUT2D eigenvalue weighted by molar-refractivity contribution is -0.146. The summed E-state index contributed by atoms with van der Waals surface area (Å²) >= 11 is 0. The van der Waals surface area contributed by atoms with Crippen LogP contribution in [0.4, 0.5) is 17.1 Å². The van der Waals surface area contributed by atoms with Crippen LogP contribution in [-0.4, -0.2) is 17.0 Å². The first-order valence-electron chi connectivity index (χ1n) is 8.76. The van der Waals surface area contributed by atoms with Gasteiger partial charge in [0.25, 0.3) is 0 Å². The number of anilines is 3. The molecule has 1 saturated carbocycles. The minimum Gasteiger partial charge on any atom is -0.481 e. The van der Waals surface area contributed by atoms with E-state index in [9.17, 15) is 14.7 Å². The molecular formula is C21H20N2O3. The first-order valence-corrected chi connectivity index (χ1v) is 8.76. The summed E-state index contributed by atoms with van der Waals surface area (Å²) in [4.78, 5) is 24.2. The van der Waals surface area contributed by atoms with E-state index in [0.29, 0.717) is 5.69 Å². The Morgan fingerprint density at radius 1 is 0.808 bits per heavy atom. The molecule has 4 unspecified atom stereocenters. The molecule has 5 nitrogen and oxygen atoms in total. The van der Waals surface area contributed by atoms with Gasteiger partial charge in [-0.3, -0.25) is 9.59 Å². The van der Waals surface area contributed by atoms with Crippen LogP contribution < -0.4 is 10.6 Å². The molecule has 2 aliphatic carbocycles. The molecule has 0 aromatic heterocycles. The van der Waals surface area contributed by atoms with E-state index in [1.165, 1.54) is 0 Å². The van der Waals surface area contributed by atoms with Gasteiger partial charge in [-0.25, -0.2) is 0 Å². The Kier molecular flexibility index (Phi) is 4.21. The lowest BCUT2D eigenvalue weighted by Crippen LogP contribution is -2.36. The van der Waals surface area contributed by atoms with Crippen LogP contribution >= 0.6 is 0 Å². The van der Waals surface area contributed by atoms with E-state index in [2.05, 4.69) is 10.6 Å².